The summed E-state index contributed by atoms with van der Waals surface area (Å²) in [6.07, 6.45) is 0.983. The molecule has 0 aromatic heterocycles. The van der Waals surface area contributed by atoms with Crippen LogP contribution in [0.2, 0.25) is 0 Å². The molecule has 9 heteroatoms. The number of fused-ring (bicyclic) bond motifs is 2. The standard InChI is InChI=1S/C33H24O9/c1-3-31(35)42-41-28-12-10-21-16-24(8-6-23(21)18-28)32(36)39-27-13-14-29(30(19-27)38-4-2)40-33(37)25-7-5-22-17-26(34)11-9-20(22)15-25/h3,5-19,34H,1,4H2,2H3. The molecule has 0 aliphatic carbocycles. The third-order valence-corrected chi connectivity index (χ3v) is 6.12. The number of benzene rings is 5. The molecule has 0 unspecified atom stereocenters. The number of hydrogen-bond donors (Lipinski definition) is 1. The van der Waals surface area contributed by atoms with Gasteiger partial charge in [0.15, 0.2) is 17.2 Å². The molecule has 0 radical (unpaired) electrons. The highest BCUT2D eigenvalue weighted by Crippen LogP contribution is 2.33. The molecule has 0 heterocycles. The van der Waals surface area contributed by atoms with Crippen LogP contribution in [0, 0.1) is 0 Å². The Hall–Kier alpha value is -5.83. The van der Waals surface area contributed by atoms with Crippen LogP contribution in [0.4, 0.5) is 0 Å². The number of rotatable bonds is 9. The molecule has 210 valence electrons. The van der Waals surface area contributed by atoms with Crippen LogP contribution >= 0.6 is 0 Å². The summed E-state index contributed by atoms with van der Waals surface area (Å²) in [4.78, 5) is 46.6. The van der Waals surface area contributed by atoms with Crippen molar-refractivity contribution in [3.8, 4) is 28.7 Å². The van der Waals surface area contributed by atoms with Gasteiger partial charge in [0.25, 0.3) is 0 Å². The average molecular weight is 565 g/mol. The van der Waals surface area contributed by atoms with Gasteiger partial charge >= 0.3 is 17.9 Å². The number of aromatic hydroxyl groups is 1. The van der Waals surface area contributed by atoms with Crippen molar-refractivity contribution in [1.29, 1.82) is 0 Å². The van der Waals surface area contributed by atoms with Crippen molar-refractivity contribution in [3.05, 3.63) is 115 Å². The summed E-state index contributed by atoms with van der Waals surface area (Å²) in [5.74, 6) is -0.903. The summed E-state index contributed by atoms with van der Waals surface area (Å²) in [5.41, 5.74) is 0.617. The van der Waals surface area contributed by atoms with E-state index in [-0.39, 0.29) is 29.6 Å². The fraction of sp³-hybridized carbons (Fsp3) is 0.0606. The van der Waals surface area contributed by atoms with Crippen LogP contribution in [0.5, 0.6) is 28.7 Å². The lowest BCUT2D eigenvalue weighted by Gasteiger charge is -2.13. The van der Waals surface area contributed by atoms with Crippen LogP contribution in [-0.4, -0.2) is 29.6 Å². The third kappa shape index (κ3) is 6.31. The molecule has 0 atom stereocenters. The van der Waals surface area contributed by atoms with E-state index >= 15 is 0 Å². The number of esters is 2. The van der Waals surface area contributed by atoms with Crippen molar-refractivity contribution in [2.75, 3.05) is 6.61 Å². The van der Waals surface area contributed by atoms with E-state index < -0.39 is 17.9 Å². The van der Waals surface area contributed by atoms with Gasteiger partial charge in [-0.3, -0.25) is 4.89 Å². The molecule has 0 aliphatic heterocycles. The fourth-order valence-corrected chi connectivity index (χ4v) is 4.12. The number of phenolic OH excluding ortho intramolecular Hbond substituents is 1. The van der Waals surface area contributed by atoms with Crippen molar-refractivity contribution in [1.82, 2.24) is 0 Å². The van der Waals surface area contributed by atoms with Crippen LogP contribution in [0.3, 0.4) is 0 Å². The van der Waals surface area contributed by atoms with E-state index in [0.717, 1.165) is 27.6 Å². The third-order valence-electron chi connectivity index (χ3n) is 6.12. The van der Waals surface area contributed by atoms with E-state index in [0.29, 0.717) is 16.9 Å². The monoisotopic (exact) mass is 564 g/mol. The largest absolute Gasteiger partial charge is 0.508 e. The molecule has 0 saturated heterocycles. The number of carbonyl (C=O) groups is 3. The van der Waals surface area contributed by atoms with Gasteiger partial charge in [-0.1, -0.05) is 30.8 Å². The lowest BCUT2D eigenvalue weighted by Crippen LogP contribution is -2.11. The summed E-state index contributed by atoms with van der Waals surface area (Å²) >= 11 is 0. The summed E-state index contributed by atoms with van der Waals surface area (Å²) in [7, 11) is 0. The first-order valence-corrected chi connectivity index (χ1v) is 12.8. The number of carbonyl (C=O) groups excluding carboxylic acids is 3. The maximum absolute atomic E-state index is 12.9. The second-order valence-corrected chi connectivity index (χ2v) is 8.98. The molecular formula is C33H24O9. The van der Waals surface area contributed by atoms with E-state index in [4.69, 9.17) is 19.1 Å². The zero-order valence-corrected chi connectivity index (χ0v) is 22.4. The number of phenols is 1. The molecule has 0 spiro atoms. The normalized spacial score (nSPS) is 10.6. The maximum Gasteiger partial charge on any atom is 0.378 e. The van der Waals surface area contributed by atoms with Crippen molar-refractivity contribution < 1.29 is 43.5 Å². The second kappa shape index (κ2) is 12.1. The first-order valence-electron chi connectivity index (χ1n) is 12.8. The molecule has 1 N–H and O–H groups in total. The minimum atomic E-state index is -0.723. The Kier molecular flexibility index (Phi) is 8.01. The van der Waals surface area contributed by atoms with Gasteiger partial charge < -0.3 is 19.3 Å². The quantitative estimate of drug-likeness (QED) is 0.0698. The Morgan fingerprint density at radius 2 is 1.29 bits per heavy atom. The van der Waals surface area contributed by atoms with Gasteiger partial charge in [0.1, 0.15) is 11.5 Å². The van der Waals surface area contributed by atoms with E-state index in [1.165, 1.54) is 18.2 Å². The van der Waals surface area contributed by atoms with Gasteiger partial charge in [0, 0.05) is 12.1 Å². The zero-order valence-electron chi connectivity index (χ0n) is 22.4. The summed E-state index contributed by atoms with van der Waals surface area (Å²) < 4.78 is 16.8. The number of hydrogen-bond acceptors (Lipinski definition) is 9. The minimum Gasteiger partial charge on any atom is -0.508 e. The summed E-state index contributed by atoms with van der Waals surface area (Å²) in [6, 6.07) is 24.2. The van der Waals surface area contributed by atoms with Gasteiger partial charge in [-0.25, -0.2) is 19.3 Å². The van der Waals surface area contributed by atoms with Gasteiger partial charge in [-0.05, 0) is 89.1 Å². The fourth-order valence-electron chi connectivity index (χ4n) is 4.12. The molecular weight excluding hydrogens is 540 g/mol. The lowest BCUT2D eigenvalue weighted by molar-refractivity contribution is -0.207. The molecule has 5 aromatic rings. The number of ether oxygens (including phenoxy) is 3. The van der Waals surface area contributed by atoms with Crippen LogP contribution in [0.15, 0.2) is 104 Å². The Morgan fingerprint density at radius 1 is 0.690 bits per heavy atom. The molecule has 0 fully saturated rings. The molecule has 0 aliphatic rings. The van der Waals surface area contributed by atoms with Gasteiger partial charge in [-0.2, -0.15) is 0 Å². The van der Waals surface area contributed by atoms with Crippen molar-refractivity contribution in [2.45, 2.75) is 6.92 Å². The van der Waals surface area contributed by atoms with Gasteiger partial charge in [-0.15, -0.1) is 0 Å². The highest BCUT2D eigenvalue weighted by molar-refractivity contribution is 5.98. The summed E-state index contributed by atoms with van der Waals surface area (Å²) in [5, 5.41) is 12.7. The van der Waals surface area contributed by atoms with Gasteiger partial charge in [0.05, 0.1) is 17.7 Å². The Labute approximate surface area is 240 Å². The van der Waals surface area contributed by atoms with Crippen molar-refractivity contribution in [3.63, 3.8) is 0 Å². The second-order valence-electron chi connectivity index (χ2n) is 8.98. The van der Waals surface area contributed by atoms with Crippen LogP contribution in [0.1, 0.15) is 27.6 Å². The first-order chi connectivity index (χ1) is 20.3. The molecule has 0 amide bonds. The van der Waals surface area contributed by atoms with Crippen molar-refractivity contribution >= 4 is 39.5 Å². The predicted octanol–water partition coefficient (Wildman–Crippen LogP) is 6.56. The predicted molar refractivity (Wildman–Crippen MR) is 154 cm³/mol. The van der Waals surface area contributed by atoms with Gasteiger partial charge in [0.2, 0.25) is 0 Å². The molecule has 0 bridgehead atoms. The molecule has 5 rings (SSSR count). The minimum absolute atomic E-state index is 0.134. The highest BCUT2D eigenvalue weighted by Gasteiger charge is 2.17. The first kappa shape index (κ1) is 27.7. The zero-order chi connectivity index (χ0) is 29.6. The SMILES string of the molecule is C=CC(=O)OOc1ccc2cc(C(=O)Oc3ccc(OC(=O)c4ccc5cc(O)ccc5c4)c(OCC)c3)ccc2c1. The Bertz CT molecular complexity index is 1840. The smallest absolute Gasteiger partial charge is 0.378 e. The van der Waals surface area contributed by atoms with E-state index in [2.05, 4.69) is 11.5 Å². The highest BCUT2D eigenvalue weighted by atomic mass is 17.2. The molecule has 9 nitrogen and oxygen atoms in total. The van der Waals surface area contributed by atoms with E-state index in [1.54, 1.807) is 79.7 Å². The van der Waals surface area contributed by atoms with Crippen molar-refractivity contribution in [2.24, 2.45) is 0 Å². The van der Waals surface area contributed by atoms with Crippen LogP contribution in [-0.2, 0) is 9.68 Å². The molecule has 0 saturated carbocycles. The maximum atomic E-state index is 12.9. The average Bonchev–Trinajstić information content (AvgIpc) is 3.00. The Balaban J connectivity index is 1.29. The summed E-state index contributed by atoms with van der Waals surface area (Å²) in [6.45, 7) is 5.36. The van der Waals surface area contributed by atoms with E-state index in [9.17, 15) is 19.5 Å². The molecule has 5 aromatic carbocycles. The molecule has 42 heavy (non-hydrogen) atoms. The van der Waals surface area contributed by atoms with E-state index in [1.807, 2.05) is 0 Å². The topological polar surface area (TPSA) is 118 Å². The lowest BCUT2D eigenvalue weighted by atomic mass is 10.1. The van der Waals surface area contributed by atoms with Crippen LogP contribution < -0.4 is 19.1 Å². The Morgan fingerprint density at radius 3 is 1.98 bits per heavy atom. The van der Waals surface area contributed by atoms with Crippen LogP contribution in [0.25, 0.3) is 21.5 Å².